The molecule has 0 unspecified atom stereocenters. The van der Waals surface area contributed by atoms with Gasteiger partial charge in [-0.2, -0.15) is 0 Å². The van der Waals surface area contributed by atoms with E-state index in [1.807, 2.05) is 0 Å². The third-order valence-corrected chi connectivity index (χ3v) is 0. The van der Waals surface area contributed by atoms with Crippen LogP contribution in [0.15, 0.2) is 0 Å². The third-order valence-electron chi connectivity index (χ3n) is 0. The summed E-state index contributed by atoms with van der Waals surface area (Å²) in [6, 6.07) is 0. The van der Waals surface area contributed by atoms with E-state index in [9.17, 15) is 0 Å². The topological polar surface area (TPSA) is 80.3 Å². The van der Waals surface area contributed by atoms with Gasteiger partial charge in [0.15, 0.2) is 0 Å². The first kappa shape index (κ1) is 29.3. The van der Waals surface area contributed by atoms with Crippen molar-refractivity contribution in [2.45, 2.75) is 0 Å². The average Bonchev–Trinajstić information content (AvgIpc) is 1.39. The largest absolute Gasteiger partial charge is 2.00 e. The van der Waals surface area contributed by atoms with Crippen LogP contribution in [0.2, 0.25) is 0 Å². The van der Waals surface area contributed by atoms with E-state index in [4.69, 9.17) is 15.9 Å². The molecule has 4 nitrogen and oxygen atoms in total. The van der Waals surface area contributed by atoms with E-state index in [2.05, 4.69) is 0 Å². The third kappa shape index (κ3) is 76.9. The molecule has 0 spiro atoms. The van der Waals surface area contributed by atoms with Crippen LogP contribution in [-0.4, -0.2) is 99.5 Å². The summed E-state index contributed by atoms with van der Waals surface area (Å²) in [7, 11) is 0. The van der Waals surface area contributed by atoms with E-state index in [1.165, 1.54) is 0 Å². The van der Waals surface area contributed by atoms with Gasteiger partial charge >= 0.3 is 115 Å². The molecule has 0 aromatic rings. The molecule has 0 atom stereocenters. The van der Waals surface area contributed by atoms with Crippen LogP contribution < -0.4 is 8.32 Å². The molecule has 0 rings (SSSR count). The first-order chi connectivity index (χ1) is 2.83. The van der Waals surface area contributed by atoms with Gasteiger partial charge in [-0.1, -0.05) is 0 Å². The smallest absolute Gasteiger partial charge is 2.00 e. The average molecular weight is 372 g/mol. The maximum absolute atomic E-state index is 8.46. The van der Waals surface area contributed by atoms with E-state index >= 15 is 0 Å². The summed E-state index contributed by atoms with van der Waals surface area (Å²) in [5.41, 5.74) is 0. The van der Waals surface area contributed by atoms with Gasteiger partial charge < -0.3 is 2.85 Å². The first-order valence-corrected chi connectivity index (χ1v) is 2.83. The Kier molecular flexibility index (Phi) is 132. The van der Waals surface area contributed by atoms with Gasteiger partial charge in [0.25, 0.3) is 0 Å². The van der Waals surface area contributed by atoms with E-state index in [1.54, 1.807) is 0 Å². The molecule has 0 aliphatic heterocycles. The molecule has 0 fully saturated rings. The van der Waals surface area contributed by atoms with Crippen LogP contribution in [0.3, 0.4) is 0 Å². The number of hydrogen-bond donors (Lipinski definition) is 0. The zero-order valence-electron chi connectivity index (χ0n) is 6.70. The molecule has 0 saturated heterocycles. The molecule has 0 amide bonds. The SMILES string of the molecule is [Ce].[H-].[H-].[Mg+2].[O]=[Al][O-].[O]=[Al][O-].[Sr+2]. The quantitative estimate of drug-likeness (QED) is 0.407. The summed E-state index contributed by atoms with van der Waals surface area (Å²) in [5, 5.41) is 0. The fraction of sp³-hybridized carbons (Fsp3) is 0. The maximum Gasteiger partial charge on any atom is 2.00 e. The van der Waals surface area contributed by atoms with Crippen LogP contribution in [0, 0.1) is 41.7 Å². The molecular formula is H2Al2CeMgO4Sr. The minimum atomic E-state index is -1.75. The van der Waals surface area contributed by atoms with E-state index in [-0.39, 0.29) is 113 Å². The zero-order valence-corrected chi connectivity index (χ0v) is 15.0. The molecule has 0 aliphatic rings. The minimum absolute atomic E-state index is 0. The first-order valence-electron chi connectivity index (χ1n) is 0.943. The van der Waals surface area contributed by atoms with E-state index in [0.29, 0.717) is 0 Å². The van der Waals surface area contributed by atoms with Gasteiger partial charge in [0.1, 0.15) is 0 Å². The van der Waals surface area contributed by atoms with Crippen molar-refractivity contribution in [1.29, 1.82) is 0 Å². The molecule has 0 heterocycles. The van der Waals surface area contributed by atoms with Crippen molar-refractivity contribution in [3.63, 3.8) is 0 Å². The molecular weight excluding hydrogens is 370 g/mol. The predicted molar refractivity (Wildman–Crippen MR) is 26.6 cm³/mol. The Hall–Kier alpha value is 3.89. The molecule has 9 heavy (non-hydrogen) atoms. The Morgan fingerprint density at radius 3 is 1.11 bits per heavy atom. The van der Waals surface area contributed by atoms with Crippen LogP contribution in [0.4, 0.5) is 0 Å². The van der Waals surface area contributed by atoms with Crippen molar-refractivity contribution >= 4 is 99.5 Å². The summed E-state index contributed by atoms with van der Waals surface area (Å²) in [4.78, 5) is 0. The van der Waals surface area contributed by atoms with E-state index in [0.717, 1.165) is 0 Å². The summed E-state index contributed by atoms with van der Waals surface area (Å²) in [6.45, 7) is 0. The summed E-state index contributed by atoms with van der Waals surface area (Å²) < 4.78 is 33.8. The van der Waals surface area contributed by atoms with Gasteiger partial charge in [0.2, 0.25) is 0 Å². The van der Waals surface area contributed by atoms with Crippen LogP contribution in [0.25, 0.3) is 0 Å². The fourth-order valence-electron chi connectivity index (χ4n) is 0. The van der Waals surface area contributed by atoms with Crippen molar-refractivity contribution in [2.24, 2.45) is 0 Å². The Bertz CT molecular complexity index is 47.1. The Morgan fingerprint density at radius 1 is 1.11 bits per heavy atom. The normalized spacial score (nSPS) is 1.78. The Balaban J connectivity index is -0.00000000400. The predicted octanol–water partition coefficient (Wildman–Crippen LogP) is -3.91. The van der Waals surface area contributed by atoms with Crippen LogP contribution in [-0.2, 0) is 7.61 Å². The molecule has 0 aliphatic carbocycles. The molecule has 0 aromatic heterocycles. The Labute approximate surface area is 156 Å². The molecule has 0 radical (unpaired) electrons. The second-order valence-electron chi connectivity index (χ2n) is 0.192. The Morgan fingerprint density at radius 2 is 1.11 bits per heavy atom. The summed E-state index contributed by atoms with van der Waals surface area (Å²) >= 11 is -3.50. The molecule has 0 aromatic carbocycles. The van der Waals surface area contributed by atoms with Crippen molar-refractivity contribution in [3.05, 3.63) is 0 Å². The van der Waals surface area contributed by atoms with Crippen molar-refractivity contribution in [1.82, 2.24) is 0 Å². The molecule has 0 bridgehead atoms. The zero-order chi connectivity index (χ0) is 5.41. The van der Waals surface area contributed by atoms with Crippen molar-refractivity contribution in [2.75, 3.05) is 0 Å². The van der Waals surface area contributed by atoms with Gasteiger partial charge in [-0.3, -0.25) is 0 Å². The number of hydrogen-bond acceptors (Lipinski definition) is 4. The van der Waals surface area contributed by atoms with Crippen LogP contribution in [0.5, 0.6) is 0 Å². The maximum atomic E-state index is 8.46. The van der Waals surface area contributed by atoms with Gasteiger partial charge in [0, 0.05) is 41.7 Å². The summed E-state index contributed by atoms with van der Waals surface area (Å²) in [6.07, 6.45) is 0. The molecule has 0 N–H and O–H groups in total. The van der Waals surface area contributed by atoms with Gasteiger partial charge in [0.05, 0.1) is 0 Å². The standard InChI is InChI=1S/2Al.Ce.Mg.4O.Sr.2H/q;;;+2;;;2*-1;+2;2*-1. The number of rotatable bonds is 0. The summed E-state index contributed by atoms with van der Waals surface area (Å²) in [5.74, 6) is 0. The van der Waals surface area contributed by atoms with Crippen molar-refractivity contribution < 1.29 is 60.5 Å². The molecule has 9 heteroatoms. The van der Waals surface area contributed by atoms with Crippen LogP contribution in [0.1, 0.15) is 2.85 Å². The van der Waals surface area contributed by atoms with Crippen molar-refractivity contribution in [3.8, 4) is 0 Å². The molecule has 0 saturated carbocycles. The van der Waals surface area contributed by atoms with Gasteiger partial charge in [-0.25, -0.2) is 0 Å². The minimum Gasteiger partial charge on any atom is 2.00 e. The fourth-order valence-corrected chi connectivity index (χ4v) is 0. The monoisotopic (exact) mass is 372 g/mol. The van der Waals surface area contributed by atoms with Gasteiger partial charge in [-0.15, -0.1) is 0 Å². The second kappa shape index (κ2) is 40.6. The molecule has 40 valence electrons. The van der Waals surface area contributed by atoms with E-state index < -0.39 is 31.0 Å². The second-order valence-corrected chi connectivity index (χ2v) is 0.577. The van der Waals surface area contributed by atoms with Gasteiger partial charge in [-0.05, 0) is 0 Å². The van der Waals surface area contributed by atoms with Crippen LogP contribution >= 0.6 is 0 Å².